The lowest BCUT2D eigenvalue weighted by Crippen LogP contribution is -1.99. The van der Waals surface area contributed by atoms with E-state index in [9.17, 15) is 10.1 Å². The van der Waals surface area contributed by atoms with Gasteiger partial charge in [-0.3, -0.25) is 10.1 Å². The molecule has 0 amide bonds. The number of nitro groups is 1. The fourth-order valence-electron chi connectivity index (χ4n) is 2.20. The summed E-state index contributed by atoms with van der Waals surface area (Å²) in [5.74, 6) is 1.30. The van der Waals surface area contributed by atoms with E-state index in [0.29, 0.717) is 5.92 Å². The van der Waals surface area contributed by atoms with E-state index < -0.39 is 0 Å². The van der Waals surface area contributed by atoms with Crippen LogP contribution >= 0.6 is 11.8 Å². The molecule has 1 heterocycles. The summed E-state index contributed by atoms with van der Waals surface area (Å²) >= 11 is 1.54. The van der Waals surface area contributed by atoms with Gasteiger partial charge in [-0.2, -0.15) is 0 Å². The summed E-state index contributed by atoms with van der Waals surface area (Å²) in [4.78, 5) is 16.0. The molecule has 0 fully saturated rings. The quantitative estimate of drug-likeness (QED) is 0.659. The van der Waals surface area contributed by atoms with Crippen molar-refractivity contribution >= 4 is 17.4 Å². The molecule has 0 saturated carbocycles. The summed E-state index contributed by atoms with van der Waals surface area (Å²) in [6.45, 7) is 9.13. The minimum Gasteiger partial charge on any atom is -0.333 e. The number of benzene rings is 1. The molecule has 1 aromatic carbocycles. The van der Waals surface area contributed by atoms with Crippen LogP contribution in [-0.2, 0) is 6.54 Å². The Labute approximate surface area is 141 Å². The first-order chi connectivity index (χ1) is 10.9. The van der Waals surface area contributed by atoms with Crippen molar-refractivity contribution in [1.29, 1.82) is 0 Å². The van der Waals surface area contributed by atoms with Crippen LogP contribution in [0.15, 0.2) is 34.2 Å². The first-order valence-electron chi connectivity index (χ1n) is 7.51. The molecule has 6 nitrogen and oxygen atoms in total. The number of nitrogens with zero attached hydrogens (tertiary/aromatic N) is 3. The van der Waals surface area contributed by atoms with Crippen molar-refractivity contribution in [2.75, 3.05) is 7.05 Å². The zero-order valence-corrected chi connectivity index (χ0v) is 15.1. The SMILES string of the molecule is CCn1c(C)nc(C(C)C)c1Sc1cccc([N+](=O)[O-])c1.CN. The van der Waals surface area contributed by atoms with Crippen LogP contribution < -0.4 is 5.73 Å². The molecule has 0 saturated heterocycles. The average molecular weight is 336 g/mol. The summed E-state index contributed by atoms with van der Waals surface area (Å²) < 4.78 is 2.15. The molecule has 0 aliphatic rings. The predicted molar refractivity (Wildman–Crippen MR) is 94.1 cm³/mol. The number of aromatic nitrogens is 2. The molecule has 23 heavy (non-hydrogen) atoms. The van der Waals surface area contributed by atoms with Crippen LogP contribution in [0.3, 0.4) is 0 Å². The second-order valence-electron chi connectivity index (χ2n) is 5.10. The number of imidazole rings is 1. The Morgan fingerprint density at radius 1 is 1.39 bits per heavy atom. The smallest absolute Gasteiger partial charge is 0.270 e. The Morgan fingerprint density at radius 2 is 2.04 bits per heavy atom. The number of rotatable bonds is 5. The standard InChI is InChI=1S/C15H19N3O2S.CH5N/c1-5-17-11(4)16-14(10(2)3)15(17)21-13-8-6-7-12(9-13)18(19)20;1-2/h6-10H,5H2,1-4H3;2H2,1H3. The Hall–Kier alpha value is -1.86. The summed E-state index contributed by atoms with van der Waals surface area (Å²) in [6, 6.07) is 6.73. The van der Waals surface area contributed by atoms with E-state index in [0.717, 1.165) is 28.0 Å². The van der Waals surface area contributed by atoms with Gasteiger partial charge >= 0.3 is 0 Å². The maximum absolute atomic E-state index is 10.9. The molecule has 0 spiro atoms. The molecule has 0 bridgehead atoms. The van der Waals surface area contributed by atoms with E-state index in [-0.39, 0.29) is 10.6 Å². The molecule has 0 aliphatic carbocycles. The molecule has 126 valence electrons. The third-order valence-corrected chi connectivity index (χ3v) is 4.36. The number of aryl methyl sites for hydroxylation is 1. The number of hydrogen-bond acceptors (Lipinski definition) is 5. The van der Waals surface area contributed by atoms with Gasteiger partial charge in [-0.25, -0.2) is 4.98 Å². The molecule has 2 N–H and O–H groups in total. The van der Waals surface area contributed by atoms with Crippen molar-refractivity contribution in [3.63, 3.8) is 0 Å². The highest BCUT2D eigenvalue weighted by atomic mass is 32.2. The third kappa shape index (κ3) is 4.56. The van der Waals surface area contributed by atoms with E-state index in [1.807, 2.05) is 13.0 Å². The third-order valence-electron chi connectivity index (χ3n) is 3.24. The monoisotopic (exact) mass is 336 g/mol. The highest BCUT2D eigenvalue weighted by Crippen LogP contribution is 2.35. The molecular weight excluding hydrogens is 312 g/mol. The molecule has 0 atom stereocenters. The minimum absolute atomic E-state index is 0.116. The van der Waals surface area contributed by atoms with Crippen molar-refractivity contribution in [2.45, 2.75) is 50.1 Å². The van der Waals surface area contributed by atoms with Gasteiger partial charge in [0.1, 0.15) is 10.9 Å². The average Bonchev–Trinajstić information content (AvgIpc) is 2.85. The molecule has 1 aromatic heterocycles. The van der Waals surface area contributed by atoms with E-state index in [1.165, 1.54) is 13.1 Å². The van der Waals surface area contributed by atoms with Gasteiger partial charge in [-0.1, -0.05) is 31.7 Å². The zero-order chi connectivity index (χ0) is 17.6. The fraction of sp³-hybridized carbons (Fsp3) is 0.438. The zero-order valence-electron chi connectivity index (χ0n) is 14.2. The molecule has 7 heteroatoms. The first kappa shape index (κ1) is 19.2. The van der Waals surface area contributed by atoms with Gasteiger partial charge in [0.15, 0.2) is 0 Å². The minimum atomic E-state index is -0.365. The van der Waals surface area contributed by atoms with Crippen LogP contribution in [0.2, 0.25) is 0 Å². The fourth-order valence-corrected chi connectivity index (χ4v) is 3.50. The Kier molecular flexibility index (Phi) is 7.25. The lowest BCUT2D eigenvalue weighted by atomic mass is 10.1. The van der Waals surface area contributed by atoms with Gasteiger partial charge in [0.2, 0.25) is 0 Å². The number of nitrogens with two attached hydrogens (primary N) is 1. The van der Waals surface area contributed by atoms with E-state index in [2.05, 4.69) is 36.1 Å². The van der Waals surface area contributed by atoms with Gasteiger partial charge in [0, 0.05) is 23.6 Å². The molecular formula is C16H24N4O2S. The number of non-ortho nitro benzene ring substituents is 1. The predicted octanol–water partition coefficient (Wildman–Crippen LogP) is 3.97. The number of hydrogen-bond donors (Lipinski definition) is 1. The van der Waals surface area contributed by atoms with E-state index in [1.54, 1.807) is 23.9 Å². The van der Waals surface area contributed by atoms with Crippen molar-refractivity contribution in [3.8, 4) is 0 Å². The normalized spacial score (nSPS) is 10.4. The second kappa shape index (κ2) is 8.69. The van der Waals surface area contributed by atoms with Crippen LogP contribution in [0, 0.1) is 17.0 Å². The van der Waals surface area contributed by atoms with Gasteiger partial charge in [-0.05, 0) is 32.9 Å². The maximum atomic E-state index is 10.9. The number of nitro benzene ring substituents is 1. The molecule has 0 radical (unpaired) electrons. The molecule has 2 aromatic rings. The van der Waals surface area contributed by atoms with E-state index >= 15 is 0 Å². The lowest BCUT2D eigenvalue weighted by Gasteiger charge is -2.10. The summed E-state index contributed by atoms with van der Waals surface area (Å²) in [7, 11) is 1.50. The lowest BCUT2D eigenvalue weighted by molar-refractivity contribution is -0.385. The van der Waals surface area contributed by atoms with Gasteiger partial charge in [0.25, 0.3) is 5.69 Å². The van der Waals surface area contributed by atoms with Crippen LogP contribution in [0.25, 0.3) is 0 Å². The topological polar surface area (TPSA) is 87.0 Å². The van der Waals surface area contributed by atoms with Crippen molar-refractivity contribution in [2.24, 2.45) is 5.73 Å². The van der Waals surface area contributed by atoms with Gasteiger partial charge < -0.3 is 10.3 Å². The second-order valence-corrected chi connectivity index (χ2v) is 6.17. The molecule has 2 rings (SSSR count). The van der Waals surface area contributed by atoms with Gasteiger partial charge in [0.05, 0.1) is 10.6 Å². The summed E-state index contributed by atoms with van der Waals surface area (Å²) in [5, 5.41) is 12.0. The van der Waals surface area contributed by atoms with E-state index in [4.69, 9.17) is 0 Å². The van der Waals surface area contributed by atoms with Crippen LogP contribution in [0.1, 0.15) is 38.2 Å². The van der Waals surface area contributed by atoms with Crippen molar-refractivity contribution < 1.29 is 4.92 Å². The first-order valence-corrected chi connectivity index (χ1v) is 8.32. The highest BCUT2D eigenvalue weighted by molar-refractivity contribution is 7.99. The molecule has 0 aliphatic heterocycles. The van der Waals surface area contributed by atoms with Crippen LogP contribution in [0.4, 0.5) is 5.69 Å². The van der Waals surface area contributed by atoms with Crippen molar-refractivity contribution in [3.05, 3.63) is 45.9 Å². The summed E-state index contributed by atoms with van der Waals surface area (Å²) in [5.41, 5.74) is 5.66. The largest absolute Gasteiger partial charge is 0.333 e. The Morgan fingerprint density at radius 3 is 2.57 bits per heavy atom. The van der Waals surface area contributed by atoms with Gasteiger partial charge in [-0.15, -0.1) is 0 Å². The highest BCUT2D eigenvalue weighted by Gasteiger charge is 2.18. The molecule has 0 unspecified atom stereocenters. The Bertz CT molecular complexity index is 668. The van der Waals surface area contributed by atoms with Crippen molar-refractivity contribution in [1.82, 2.24) is 9.55 Å². The van der Waals surface area contributed by atoms with Crippen LogP contribution in [0.5, 0.6) is 0 Å². The van der Waals surface area contributed by atoms with Crippen LogP contribution in [-0.4, -0.2) is 21.5 Å². The summed E-state index contributed by atoms with van der Waals surface area (Å²) in [6.07, 6.45) is 0. The maximum Gasteiger partial charge on any atom is 0.270 e. The Balaban J connectivity index is 0.00000127.